The number of piperidine rings is 1. The molecule has 4 N–H and O–H groups in total. The minimum atomic E-state index is -0.347. The second kappa shape index (κ2) is 6.70. The van der Waals surface area contributed by atoms with E-state index in [0.717, 1.165) is 25.1 Å². The van der Waals surface area contributed by atoms with Crippen LogP contribution in [0.2, 0.25) is 0 Å². The Morgan fingerprint density at radius 2 is 2.42 bits per heavy atom. The summed E-state index contributed by atoms with van der Waals surface area (Å²) in [6.45, 7) is 1.88. The molecule has 1 aliphatic heterocycles. The number of nitrogens with one attached hydrogen (secondary N) is 1. The molecule has 6 nitrogen and oxygen atoms in total. The summed E-state index contributed by atoms with van der Waals surface area (Å²) in [7, 11) is 0. The highest BCUT2D eigenvalue weighted by atomic mass is 16.3. The van der Waals surface area contributed by atoms with Crippen molar-refractivity contribution in [3.05, 3.63) is 23.7 Å². The molecular formula is C13H21N3O3. The summed E-state index contributed by atoms with van der Waals surface area (Å²) in [5.74, 6) is 5.49. The number of furan rings is 1. The second-order valence-corrected chi connectivity index (χ2v) is 4.91. The Morgan fingerprint density at radius 3 is 3.16 bits per heavy atom. The molecule has 0 aliphatic carbocycles. The lowest BCUT2D eigenvalue weighted by Gasteiger charge is -2.34. The van der Waals surface area contributed by atoms with Gasteiger partial charge in [0.2, 0.25) is 0 Å². The Balaban J connectivity index is 1.98. The van der Waals surface area contributed by atoms with Crippen molar-refractivity contribution in [1.29, 1.82) is 0 Å². The van der Waals surface area contributed by atoms with Gasteiger partial charge in [-0.2, -0.15) is 0 Å². The standard InChI is InChI=1S/C13H21N3O3/c14-15-13(18)10-7-12(19-9-10)8-16-5-2-1-3-11(16)4-6-17/h7,9,11,17H,1-6,8,14H2,(H,15,18). The molecule has 0 aromatic carbocycles. The predicted octanol–water partition coefficient (Wildman–Crippen LogP) is 0.620. The number of likely N-dealkylation sites (tertiary alicyclic amines) is 1. The third kappa shape index (κ3) is 3.56. The van der Waals surface area contributed by atoms with Crippen molar-refractivity contribution in [2.24, 2.45) is 5.84 Å². The summed E-state index contributed by atoms with van der Waals surface area (Å²) in [4.78, 5) is 13.7. The van der Waals surface area contributed by atoms with E-state index < -0.39 is 0 Å². The molecule has 1 aromatic rings. The summed E-state index contributed by atoms with van der Waals surface area (Å²) < 4.78 is 5.40. The van der Waals surface area contributed by atoms with Crippen molar-refractivity contribution in [2.45, 2.75) is 38.3 Å². The number of carbonyl (C=O) groups is 1. The molecule has 19 heavy (non-hydrogen) atoms. The Kier molecular flexibility index (Phi) is 4.95. The molecule has 0 saturated carbocycles. The Labute approximate surface area is 112 Å². The van der Waals surface area contributed by atoms with Crippen LogP contribution in [0.1, 0.15) is 41.8 Å². The van der Waals surface area contributed by atoms with Crippen molar-refractivity contribution in [3.63, 3.8) is 0 Å². The largest absolute Gasteiger partial charge is 0.467 e. The average Bonchev–Trinajstić information content (AvgIpc) is 2.89. The molecule has 1 saturated heterocycles. The Bertz CT molecular complexity index is 417. The molecular weight excluding hydrogens is 246 g/mol. The topological polar surface area (TPSA) is 91.7 Å². The highest BCUT2D eigenvalue weighted by Gasteiger charge is 2.23. The van der Waals surface area contributed by atoms with Crippen LogP contribution in [-0.2, 0) is 6.54 Å². The number of amides is 1. The summed E-state index contributed by atoms with van der Waals surface area (Å²) in [5, 5.41) is 9.09. The van der Waals surface area contributed by atoms with Gasteiger partial charge in [0.1, 0.15) is 12.0 Å². The van der Waals surface area contributed by atoms with Crippen molar-refractivity contribution < 1.29 is 14.3 Å². The number of hydrazine groups is 1. The molecule has 0 radical (unpaired) electrons. The monoisotopic (exact) mass is 267 g/mol. The first kappa shape index (κ1) is 14.0. The maximum absolute atomic E-state index is 11.3. The number of nitrogens with zero attached hydrogens (tertiary/aromatic N) is 1. The minimum Gasteiger partial charge on any atom is -0.467 e. The van der Waals surface area contributed by atoms with E-state index in [1.807, 2.05) is 0 Å². The van der Waals surface area contributed by atoms with Gasteiger partial charge in [-0.25, -0.2) is 5.84 Å². The number of aliphatic hydroxyl groups is 1. The van der Waals surface area contributed by atoms with Gasteiger partial charge in [0.05, 0.1) is 12.1 Å². The quantitative estimate of drug-likeness (QED) is 0.413. The van der Waals surface area contributed by atoms with Crippen LogP contribution in [-0.4, -0.2) is 35.1 Å². The molecule has 0 bridgehead atoms. The van der Waals surface area contributed by atoms with Crippen molar-refractivity contribution in [3.8, 4) is 0 Å². The molecule has 0 spiro atoms. The molecule has 1 unspecified atom stereocenters. The van der Waals surface area contributed by atoms with Crippen LogP contribution in [0.25, 0.3) is 0 Å². The van der Waals surface area contributed by atoms with Crippen LogP contribution >= 0.6 is 0 Å². The normalized spacial score (nSPS) is 20.4. The maximum Gasteiger partial charge on any atom is 0.268 e. The molecule has 1 atom stereocenters. The highest BCUT2D eigenvalue weighted by molar-refractivity contribution is 5.93. The third-order valence-corrected chi connectivity index (χ3v) is 3.62. The van der Waals surface area contributed by atoms with E-state index in [9.17, 15) is 4.79 Å². The van der Waals surface area contributed by atoms with E-state index in [2.05, 4.69) is 10.3 Å². The Morgan fingerprint density at radius 1 is 1.58 bits per heavy atom. The van der Waals surface area contributed by atoms with Gasteiger partial charge in [-0.05, 0) is 31.9 Å². The van der Waals surface area contributed by atoms with E-state index in [1.165, 1.54) is 19.1 Å². The van der Waals surface area contributed by atoms with Crippen LogP contribution in [0.4, 0.5) is 0 Å². The van der Waals surface area contributed by atoms with Gasteiger partial charge < -0.3 is 9.52 Å². The van der Waals surface area contributed by atoms with E-state index in [0.29, 0.717) is 18.2 Å². The molecule has 6 heteroatoms. The second-order valence-electron chi connectivity index (χ2n) is 4.91. The van der Waals surface area contributed by atoms with Gasteiger partial charge in [0.25, 0.3) is 5.91 Å². The zero-order chi connectivity index (χ0) is 13.7. The number of aliphatic hydroxyl groups excluding tert-OH is 1. The van der Waals surface area contributed by atoms with Gasteiger partial charge in [-0.15, -0.1) is 0 Å². The lowest BCUT2D eigenvalue weighted by atomic mass is 9.99. The molecule has 106 valence electrons. The zero-order valence-electron chi connectivity index (χ0n) is 11.0. The molecule has 1 fully saturated rings. The van der Waals surface area contributed by atoms with Gasteiger partial charge in [-0.1, -0.05) is 6.42 Å². The first-order valence-corrected chi connectivity index (χ1v) is 6.68. The fraction of sp³-hybridized carbons (Fsp3) is 0.615. The van der Waals surface area contributed by atoms with E-state index in [4.69, 9.17) is 15.4 Å². The molecule has 1 aromatic heterocycles. The molecule has 2 rings (SSSR count). The fourth-order valence-corrected chi connectivity index (χ4v) is 2.61. The lowest BCUT2D eigenvalue weighted by Crippen LogP contribution is -2.39. The SMILES string of the molecule is NNC(=O)c1coc(CN2CCCCC2CCO)c1. The lowest BCUT2D eigenvalue weighted by molar-refractivity contribution is 0.0953. The number of hydrogen-bond donors (Lipinski definition) is 3. The maximum atomic E-state index is 11.3. The van der Waals surface area contributed by atoms with E-state index in [1.54, 1.807) is 6.07 Å². The summed E-state index contributed by atoms with van der Waals surface area (Å²) in [6.07, 6.45) is 5.69. The predicted molar refractivity (Wildman–Crippen MR) is 70.1 cm³/mol. The number of carbonyl (C=O) groups excluding carboxylic acids is 1. The Hall–Kier alpha value is -1.37. The van der Waals surface area contributed by atoms with Crippen molar-refractivity contribution in [1.82, 2.24) is 10.3 Å². The van der Waals surface area contributed by atoms with Gasteiger partial charge in [0, 0.05) is 12.6 Å². The first-order valence-electron chi connectivity index (χ1n) is 6.68. The summed E-state index contributed by atoms with van der Waals surface area (Å²) in [5.41, 5.74) is 2.52. The average molecular weight is 267 g/mol. The van der Waals surface area contributed by atoms with E-state index in [-0.39, 0.29) is 12.5 Å². The number of nitrogens with two attached hydrogens (primary N) is 1. The summed E-state index contributed by atoms with van der Waals surface area (Å²) >= 11 is 0. The minimum absolute atomic E-state index is 0.208. The first-order chi connectivity index (χ1) is 9.24. The van der Waals surface area contributed by atoms with Crippen LogP contribution in [0.15, 0.2) is 16.7 Å². The number of hydrogen-bond acceptors (Lipinski definition) is 5. The summed E-state index contributed by atoms with van der Waals surface area (Å²) in [6, 6.07) is 2.11. The number of nitrogen functional groups attached to an aromatic ring is 1. The van der Waals surface area contributed by atoms with Gasteiger partial charge in [0.15, 0.2) is 0 Å². The van der Waals surface area contributed by atoms with Crippen LogP contribution < -0.4 is 11.3 Å². The smallest absolute Gasteiger partial charge is 0.268 e. The third-order valence-electron chi connectivity index (χ3n) is 3.62. The van der Waals surface area contributed by atoms with Crippen molar-refractivity contribution in [2.75, 3.05) is 13.2 Å². The van der Waals surface area contributed by atoms with Gasteiger partial charge >= 0.3 is 0 Å². The highest BCUT2D eigenvalue weighted by Crippen LogP contribution is 2.22. The zero-order valence-corrected chi connectivity index (χ0v) is 11.0. The van der Waals surface area contributed by atoms with Crippen LogP contribution in [0, 0.1) is 0 Å². The fourth-order valence-electron chi connectivity index (χ4n) is 2.61. The van der Waals surface area contributed by atoms with Crippen LogP contribution in [0.3, 0.4) is 0 Å². The van der Waals surface area contributed by atoms with Crippen LogP contribution in [0.5, 0.6) is 0 Å². The molecule has 2 heterocycles. The van der Waals surface area contributed by atoms with Gasteiger partial charge in [-0.3, -0.25) is 15.1 Å². The molecule has 1 aliphatic rings. The van der Waals surface area contributed by atoms with Crippen molar-refractivity contribution >= 4 is 5.91 Å². The molecule has 1 amide bonds. The number of rotatable bonds is 5. The van der Waals surface area contributed by atoms with E-state index >= 15 is 0 Å².